The molecule has 0 unspecified atom stereocenters. The predicted molar refractivity (Wildman–Crippen MR) is 102 cm³/mol. The standard InChI is InChI=1S/C19H31N3O4/c1-22(18-6-3-2-4-7-18)11-5-8-19(23)21-10-13-25-15-17-26-16-14-24-12-9-20/h2-4,6-7,9,20H,5,8,10-17H2,1H3,(H,21,23)/p+1. The van der Waals surface area contributed by atoms with Crippen LogP contribution in [-0.2, 0) is 19.0 Å². The van der Waals surface area contributed by atoms with Crippen LogP contribution in [0.15, 0.2) is 30.3 Å². The van der Waals surface area contributed by atoms with Gasteiger partial charge in [0.1, 0.15) is 6.61 Å². The van der Waals surface area contributed by atoms with E-state index in [0.717, 1.165) is 18.7 Å². The summed E-state index contributed by atoms with van der Waals surface area (Å²) in [5, 5.41) is 8.04. The number of rotatable bonds is 16. The Balaban J connectivity index is 1.89. The van der Waals surface area contributed by atoms with E-state index in [0.29, 0.717) is 52.6 Å². The molecule has 7 heteroatoms. The number of benzene rings is 1. The van der Waals surface area contributed by atoms with Crippen LogP contribution in [0.2, 0.25) is 0 Å². The lowest BCUT2D eigenvalue weighted by atomic mass is 10.2. The second-order valence-corrected chi connectivity index (χ2v) is 5.75. The summed E-state index contributed by atoms with van der Waals surface area (Å²) in [6.45, 7) is 4.33. The molecule has 1 aromatic carbocycles. The van der Waals surface area contributed by atoms with Crippen LogP contribution < -0.4 is 15.6 Å². The van der Waals surface area contributed by atoms with Crippen molar-refractivity contribution in [3.63, 3.8) is 0 Å². The maximum atomic E-state index is 11.8. The number of amides is 1. The van der Waals surface area contributed by atoms with Gasteiger partial charge in [-0.1, -0.05) is 18.2 Å². The molecule has 0 aromatic heterocycles. The number of para-hydroxylation sites is 1. The van der Waals surface area contributed by atoms with Crippen molar-refractivity contribution in [3.8, 4) is 0 Å². The zero-order valence-corrected chi connectivity index (χ0v) is 15.7. The summed E-state index contributed by atoms with van der Waals surface area (Å²) in [5.74, 6) is 0.0557. The molecule has 26 heavy (non-hydrogen) atoms. The minimum absolute atomic E-state index is 0.0557. The van der Waals surface area contributed by atoms with Crippen molar-refractivity contribution in [3.05, 3.63) is 30.3 Å². The van der Waals surface area contributed by atoms with Gasteiger partial charge in [0.2, 0.25) is 5.91 Å². The maximum absolute atomic E-state index is 11.8. The lowest BCUT2D eigenvalue weighted by Crippen LogP contribution is -2.32. The average Bonchev–Trinajstić information content (AvgIpc) is 2.66. The van der Waals surface area contributed by atoms with E-state index in [1.807, 2.05) is 25.2 Å². The number of nitrogens with one attached hydrogen (secondary N) is 1. The Labute approximate surface area is 156 Å². The van der Waals surface area contributed by atoms with E-state index in [2.05, 4.69) is 22.3 Å². The number of nitrogens with two attached hydrogens (primary N) is 1. The van der Waals surface area contributed by atoms with E-state index in [1.165, 1.54) is 6.21 Å². The number of ether oxygens (including phenoxy) is 3. The van der Waals surface area contributed by atoms with Gasteiger partial charge >= 0.3 is 0 Å². The summed E-state index contributed by atoms with van der Waals surface area (Å²) in [6, 6.07) is 10.1. The van der Waals surface area contributed by atoms with Crippen LogP contribution in [0.1, 0.15) is 12.8 Å². The quantitative estimate of drug-likeness (QED) is 0.315. The number of carbonyl (C=O) groups excluding carboxylic acids is 1. The molecule has 0 saturated heterocycles. The van der Waals surface area contributed by atoms with Crippen LogP contribution in [0.3, 0.4) is 0 Å². The fraction of sp³-hybridized carbons (Fsp3) is 0.579. The molecular weight excluding hydrogens is 334 g/mol. The first-order chi connectivity index (χ1) is 12.7. The third kappa shape index (κ3) is 11.6. The molecule has 0 radical (unpaired) electrons. The number of hydrogen-bond acceptors (Lipinski definition) is 5. The lowest BCUT2D eigenvalue weighted by molar-refractivity contribution is -0.121. The Kier molecular flexibility index (Phi) is 13.0. The van der Waals surface area contributed by atoms with Gasteiger partial charge in [-0.05, 0) is 18.6 Å². The average molecular weight is 366 g/mol. The number of hydrogen-bond donors (Lipinski definition) is 2. The van der Waals surface area contributed by atoms with Crippen LogP contribution >= 0.6 is 0 Å². The first kappa shape index (κ1) is 22.1. The molecule has 1 amide bonds. The molecule has 0 bridgehead atoms. The van der Waals surface area contributed by atoms with E-state index in [-0.39, 0.29) is 5.91 Å². The highest BCUT2D eigenvalue weighted by atomic mass is 16.5. The van der Waals surface area contributed by atoms with Crippen molar-refractivity contribution < 1.29 is 24.4 Å². The van der Waals surface area contributed by atoms with Gasteiger partial charge in [0.15, 0.2) is 6.21 Å². The molecule has 146 valence electrons. The van der Waals surface area contributed by atoms with E-state index in [9.17, 15) is 4.79 Å². The summed E-state index contributed by atoms with van der Waals surface area (Å²) < 4.78 is 15.8. The van der Waals surface area contributed by atoms with Crippen LogP contribution in [0.5, 0.6) is 0 Å². The fourth-order valence-electron chi connectivity index (χ4n) is 2.23. The van der Waals surface area contributed by atoms with Crippen LogP contribution in [0.25, 0.3) is 0 Å². The van der Waals surface area contributed by atoms with E-state index < -0.39 is 0 Å². The van der Waals surface area contributed by atoms with Crippen LogP contribution in [-0.4, -0.2) is 71.9 Å². The Bertz CT molecular complexity index is 485. The molecular formula is C19H32N3O4+. The molecule has 0 fully saturated rings. The van der Waals surface area contributed by atoms with E-state index in [4.69, 9.17) is 19.6 Å². The van der Waals surface area contributed by atoms with Gasteiger partial charge < -0.3 is 24.4 Å². The molecule has 7 nitrogen and oxygen atoms in total. The van der Waals surface area contributed by atoms with Gasteiger partial charge in [0.25, 0.3) is 0 Å². The minimum Gasteiger partial charge on any atom is -0.377 e. The number of carbonyl (C=O) groups is 1. The van der Waals surface area contributed by atoms with Gasteiger partial charge in [-0.2, -0.15) is 0 Å². The smallest absolute Gasteiger partial charge is 0.220 e. The molecule has 1 rings (SSSR count). The van der Waals surface area contributed by atoms with E-state index in [1.54, 1.807) is 0 Å². The largest absolute Gasteiger partial charge is 0.377 e. The van der Waals surface area contributed by atoms with Gasteiger partial charge in [-0.15, -0.1) is 0 Å². The molecule has 0 aliphatic heterocycles. The normalized spacial score (nSPS) is 10.5. The first-order valence-corrected chi connectivity index (χ1v) is 9.03. The Morgan fingerprint density at radius 1 is 1.08 bits per heavy atom. The number of nitrogens with zero attached hydrogens (tertiary/aromatic N) is 1. The third-order valence-electron chi connectivity index (χ3n) is 3.62. The summed E-state index contributed by atoms with van der Waals surface area (Å²) in [5.41, 5.74) is 1.16. The van der Waals surface area contributed by atoms with Gasteiger partial charge in [-0.25, -0.2) is 0 Å². The topological polar surface area (TPSA) is 85.6 Å². The lowest BCUT2D eigenvalue weighted by Gasteiger charge is -2.18. The Morgan fingerprint density at radius 2 is 1.73 bits per heavy atom. The van der Waals surface area contributed by atoms with Crippen molar-refractivity contribution in [1.82, 2.24) is 5.32 Å². The van der Waals surface area contributed by atoms with Crippen LogP contribution in [0.4, 0.5) is 5.69 Å². The SMILES string of the molecule is CN(CCCC(=O)NCCOCCOCCOCC=[NH2+])c1ccccc1. The zero-order chi connectivity index (χ0) is 18.9. The second kappa shape index (κ2) is 15.3. The monoisotopic (exact) mass is 366 g/mol. The van der Waals surface area contributed by atoms with Crippen LogP contribution in [0, 0.1) is 0 Å². The highest BCUT2D eigenvalue weighted by Crippen LogP contribution is 2.11. The highest BCUT2D eigenvalue weighted by Gasteiger charge is 2.03. The van der Waals surface area contributed by atoms with Crippen molar-refractivity contribution in [1.29, 1.82) is 0 Å². The molecule has 0 heterocycles. The Morgan fingerprint density at radius 3 is 2.42 bits per heavy atom. The summed E-state index contributed by atoms with van der Waals surface area (Å²) in [6.07, 6.45) is 2.79. The summed E-state index contributed by atoms with van der Waals surface area (Å²) in [4.78, 5) is 13.9. The summed E-state index contributed by atoms with van der Waals surface area (Å²) >= 11 is 0. The van der Waals surface area contributed by atoms with Gasteiger partial charge in [0, 0.05) is 32.2 Å². The predicted octanol–water partition coefficient (Wildman–Crippen LogP) is -0.101. The number of anilines is 1. The zero-order valence-electron chi connectivity index (χ0n) is 15.7. The molecule has 0 aliphatic carbocycles. The van der Waals surface area contributed by atoms with Crippen molar-refractivity contribution in [2.24, 2.45) is 0 Å². The molecule has 0 saturated carbocycles. The fourth-order valence-corrected chi connectivity index (χ4v) is 2.23. The molecule has 0 aliphatic rings. The van der Waals surface area contributed by atoms with Gasteiger partial charge in [0.05, 0.1) is 33.0 Å². The van der Waals surface area contributed by atoms with Gasteiger partial charge in [-0.3, -0.25) is 10.2 Å². The molecule has 0 atom stereocenters. The Hall–Kier alpha value is -1.96. The molecule has 1 aromatic rings. The maximum Gasteiger partial charge on any atom is 0.220 e. The second-order valence-electron chi connectivity index (χ2n) is 5.75. The van der Waals surface area contributed by atoms with Crippen molar-refractivity contribution in [2.45, 2.75) is 12.8 Å². The molecule has 0 spiro atoms. The van der Waals surface area contributed by atoms with Crippen molar-refractivity contribution in [2.75, 3.05) is 64.7 Å². The summed E-state index contributed by atoms with van der Waals surface area (Å²) in [7, 11) is 2.03. The third-order valence-corrected chi connectivity index (χ3v) is 3.62. The molecule has 3 N–H and O–H groups in total. The van der Waals surface area contributed by atoms with Crippen molar-refractivity contribution >= 4 is 17.8 Å². The minimum atomic E-state index is 0.0557. The first-order valence-electron chi connectivity index (χ1n) is 9.03. The highest BCUT2D eigenvalue weighted by molar-refractivity contribution is 5.75. The van der Waals surface area contributed by atoms with E-state index >= 15 is 0 Å².